The number of hydrogen-bond acceptors (Lipinski definition) is 7. The second-order valence-electron chi connectivity index (χ2n) is 2.28. The molecule has 0 radical (unpaired) electrons. The largest absolute Gasteiger partial charge is 0.830 e. The van der Waals surface area contributed by atoms with Crippen molar-refractivity contribution in [3.05, 3.63) is 0 Å². The molecule has 0 rings (SSSR count). The highest BCUT2D eigenvalue weighted by molar-refractivity contribution is 7.89. The molecule has 0 aromatic rings. The summed E-state index contributed by atoms with van der Waals surface area (Å²) in [7, 11) is -17.2. The maximum Gasteiger partial charge on any atom is 0.521 e. The molecule has 0 amide bonds. The Hall–Kier alpha value is -0.575. The van der Waals surface area contributed by atoms with Crippen LogP contribution in [0.4, 0.5) is 26.3 Å². The van der Waals surface area contributed by atoms with Crippen LogP contribution in [0.2, 0.25) is 0 Å². The minimum absolute atomic E-state index is 2.52. The van der Waals surface area contributed by atoms with Crippen molar-refractivity contribution in [3.63, 3.8) is 0 Å². The van der Waals surface area contributed by atoms with Gasteiger partial charge in [0.1, 0.15) is 0 Å². The molecule has 0 spiro atoms. The van der Waals surface area contributed by atoms with Crippen LogP contribution in [-0.2, 0) is 28.4 Å². The van der Waals surface area contributed by atoms with Crippen LogP contribution in [0.3, 0.4) is 0 Å². The molecule has 7 nitrogen and oxygen atoms in total. The zero-order chi connectivity index (χ0) is 15.0. The Balaban J connectivity index is 4.92. The molecule has 108 valence electrons. The lowest BCUT2D eigenvalue weighted by Gasteiger charge is -2.19. The zero-order valence-electron chi connectivity index (χ0n) is 7.52. The van der Waals surface area contributed by atoms with Gasteiger partial charge in [0.2, 0.25) is 0 Å². The molecule has 0 bridgehead atoms. The molecule has 0 aliphatic rings. The van der Waals surface area contributed by atoms with E-state index in [4.69, 9.17) is 0 Å². The van der Waals surface area contributed by atoms with Gasteiger partial charge in [-0.3, -0.25) is 0 Å². The first kappa shape index (κ1) is 17.4. The van der Waals surface area contributed by atoms with Gasteiger partial charge in [-0.2, -0.15) is 43.2 Å². The van der Waals surface area contributed by atoms with Crippen LogP contribution >= 0.6 is 0 Å². The van der Waals surface area contributed by atoms with Crippen molar-refractivity contribution in [3.8, 4) is 0 Å². The zero-order valence-corrected chi connectivity index (χ0v) is 9.15. The van der Waals surface area contributed by atoms with Crippen LogP contribution in [-0.4, -0.2) is 35.2 Å². The van der Waals surface area contributed by atoms with Crippen LogP contribution in [0.5, 0.6) is 0 Å². The molecule has 0 aliphatic heterocycles. The third-order valence-electron chi connectivity index (χ3n) is 0.977. The molecule has 0 aromatic heterocycles. The molecule has 0 saturated carbocycles. The van der Waals surface area contributed by atoms with E-state index in [9.17, 15) is 48.2 Å². The summed E-state index contributed by atoms with van der Waals surface area (Å²) < 4.78 is 115. The van der Waals surface area contributed by atoms with E-state index in [0.717, 1.165) is 0 Å². The highest BCUT2D eigenvalue weighted by atomic mass is 32.2. The first-order valence-corrected chi connectivity index (χ1v) is 6.07. The number of halogens is 6. The standard InChI is InChI=1S/C2BF6O7S2/c4-1(5,6)17(11,12)15-3(10)16-18(13,14)2(7,8)9/q-1. The second kappa shape index (κ2) is 4.84. The average molecular weight is 325 g/mol. The van der Waals surface area contributed by atoms with Gasteiger partial charge in [0.05, 0.1) is 0 Å². The van der Waals surface area contributed by atoms with Crippen LogP contribution in [0, 0.1) is 0 Å². The van der Waals surface area contributed by atoms with Crippen molar-refractivity contribution in [2.75, 3.05) is 0 Å². The van der Waals surface area contributed by atoms with Gasteiger partial charge >= 0.3 is 38.6 Å². The van der Waals surface area contributed by atoms with Crippen molar-refractivity contribution in [1.82, 2.24) is 0 Å². The summed E-state index contributed by atoms with van der Waals surface area (Å²) in [6.07, 6.45) is 0. The summed E-state index contributed by atoms with van der Waals surface area (Å²) in [5.41, 5.74) is -12.2. The number of alkyl halides is 6. The summed E-state index contributed by atoms with van der Waals surface area (Å²) in [4.78, 5) is 0. The fourth-order valence-corrected chi connectivity index (χ4v) is 1.09. The predicted octanol–water partition coefficient (Wildman–Crippen LogP) is -0.936. The highest BCUT2D eigenvalue weighted by Gasteiger charge is 2.51. The van der Waals surface area contributed by atoms with E-state index in [1.165, 1.54) is 0 Å². The van der Waals surface area contributed by atoms with E-state index in [1.54, 1.807) is 0 Å². The van der Waals surface area contributed by atoms with Crippen LogP contribution < -0.4 is 5.02 Å². The SMILES string of the molecule is O=S(=O)(OB([O-])OS(=O)(=O)C(F)(F)F)C(F)(F)F. The fourth-order valence-electron chi connectivity index (χ4n) is 0.332. The van der Waals surface area contributed by atoms with Crippen LogP contribution in [0.15, 0.2) is 0 Å². The molecule has 0 N–H and O–H groups in total. The van der Waals surface area contributed by atoms with Gasteiger partial charge in [0.25, 0.3) is 0 Å². The Morgan fingerprint density at radius 1 is 0.778 bits per heavy atom. The lowest BCUT2D eigenvalue weighted by molar-refractivity contribution is -0.236. The van der Waals surface area contributed by atoms with Gasteiger partial charge in [-0.05, 0) is 0 Å². The summed E-state index contributed by atoms with van der Waals surface area (Å²) in [5, 5.41) is 10.2. The van der Waals surface area contributed by atoms with Gasteiger partial charge in [-0.25, -0.2) is 0 Å². The normalized spacial score (nSPS) is 14.6. The number of rotatable bonds is 4. The van der Waals surface area contributed by atoms with E-state index in [-0.39, 0.29) is 0 Å². The third-order valence-corrected chi connectivity index (χ3v) is 2.93. The lowest BCUT2D eigenvalue weighted by atomic mass is 10.3. The monoisotopic (exact) mass is 325 g/mol. The summed E-state index contributed by atoms with van der Waals surface area (Å²) in [6, 6.07) is 0. The van der Waals surface area contributed by atoms with Crippen molar-refractivity contribution in [1.29, 1.82) is 0 Å². The van der Waals surface area contributed by atoms with Crippen molar-refractivity contribution < 1.29 is 56.4 Å². The molecule has 18 heavy (non-hydrogen) atoms. The molecule has 0 heterocycles. The molecular weight excluding hydrogens is 325 g/mol. The van der Waals surface area contributed by atoms with Crippen LogP contribution in [0.25, 0.3) is 0 Å². The molecule has 0 atom stereocenters. The summed E-state index contributed by atoms with van der Waals surface area (Å²) in [6.45, 7) is 0. The van der Waals surface area contributed by atoms with E-state index in [2.05, 4.69) is 8.20 Å². The average Bonchev–Trinajstić information content (AvgIpc) is 1.95. The van der Waals surface area contributed by atoms with Gasteiger partial charge in [-0.15, -0.1) is 0 Å². The summed E-state index contributed by atoms with van der Waals surface area (Å²) >= 11 is 0. The quantitative estimate of drug-likeness (QED) is 0.373. The molecular formula is C2BF6O7S2-. The maximum atomic E-state index is 11.6. The van der Waals surface area contributed by atoms with Crippen molar-refractivity contribution >= 4 is 27.6 Å². The third kappa shape index (κ3) is 4.27. The van der Waals surface area contributed by atoms with E-state index in [0.29, 0.717) is 0 Å². The maximum absolute atomic E-state index is 11.6. The van der Waals surface area contributed by atoms with E-state index < -0.39 is 38.6 Å². The van der Waals surface area contributed by atoms with Gasteiger partial charge < -0.3 is 13.2 Å². The number of hydrogen-bond donors (Lipinski definition) is 0. The van der Waals surface area contributed by atoms with Gasteiger partial charge in [0, 0.05) is 0 Å². The summed E-state index contributed by atoms with van der Waals surface area (Å²) in [5.74, 6) is 0. The second-order valence-corrected chi connectivity index (χ2v) is 5.41. The van der Waals surface area contributed by atoms with E-state index in [1.807, 2.05) is 0 Å². The Morgan fingerprint density at radius 2 is 1.00 bits per heavy atom. The Labute approximate surface area is 95.7 Å². The van der Waals surface area contributed by atoms with Crippen LogP contribution in [0.1, 0.15) is 0 Å². The molecule has 0 aromatic carbocycles. The smallest absolute Gasteiger partial charge is 0.521 e. The molecule has 0 fully saturated rings. The minimum atomic E-state index is -6.58. The predicted molar refractivity (Wildman–Crippen MR) is 37.9 cm³/mol. The van der Waals surface area contributed by atoms with Crippen molar-refractivity contribution in [2.45, 2.75) is 11.0 Å². The topological polar surface area (TPSA) is 110 Å². The first-order chi connectivity index (χ1) is 7.60. The Morgan fingerprint density at radius 3 is 1.17 bits per heavy atom. The Bertz CT molecular complexity index is 441. The highest BCUT2D eigenvalue weighted by Crippen LogP contribution is 2.27. The van der Waals surface area contributed by atoms with Gasteiger partial charge in [-0.1, -0.05) is 0 Å². The molecule has 0 aliphatic carbocycles. The first-order valence-electron chi connectivity index (χ1n) is 3.25. The lowest BCUT2D eigenvalue weighted by Crippen LogP contribution is -2.46. The molecule has 0 saturated heterocycles. The molecule has 0 unspecified atom stereocenters. The Kier molecular flexibility index (Phi) is 4.68. The fraction of sp³-hybridized carbons (Fsp3) is 1.00. The van der Waals surface area contributed by atoms with Gasteiger partial charge in [0.15, 0.2) is 0 Å². The van der Waals surface area contributed by atoms with Crippen molar-refractivity contribution in [2.24, 2.45) is 0 Å². The van der Waals surface area contributed by atoms with E-state index >= 15 is 0 Å². The molecule has 16 heteroatoms. The minimum Gasteiger partial charge on any atom is -0.830 e.